The van der Waals surface area contributed by atoms with E-state index in [9.17, 15) is 15.2 Å². The molecule has 0 radical (unpaired) electrons. The number of anilines is 1. The summed E-state index contributed by atoms with van der Waals surface area (Å²) in [7, 11) is 0. The predicted octanol–water partition coefficient (Wildman–Crippen LogP) is 4.04. The Bertz CT molecular complexity index is 1000. The number of rotatable bonds is 5. The average Bonchev–Trinajstić information content (AvgIpc) is 2.70. The van der Waals surface area contributed by atoms with E-state index in [1.54, 1.807) is 36.4 Å². The van der Waals surface area contributed by atoms with E-state index in [0.29, 0.717) is 11.4 Å². The molecule has 0 aromatic heterocycles. The normalized spacial score (nSPS) is 10.9. The Balaban J connectivity index is 1.78. The molecule has 0 unspecified atom stereocenters. The number of hydrazone groups is 1. The second-order valence-corrected chi connectivity index (χ2v) is 6.15. The van der Waals surface area contributed by atoms with Gasteiger partial charge in [-0.1, -0.05) is 30.3 Å². The lowest BCUT2D eigenvalue weighted by Gasteiger charge is -2.10. The summed E-state index contributed by atoms with van der Waals surface area (Å²) >= 11 is 5.26. The fourth-order valence-electron chi connectivity index (χ4n) is 2.44. The Morgan fingerprint density at radius 2 is 1.54 bits per heavy atom. The van der Waals surface area contributed by atoms with Gasteiger partial charge in [-0.3, -0.25) is 15.5 Å². The Morgan fingerprint density at radius 1 is 0.929 bits per heavy atom. The summed E-state index contributed by atoms with van der Waals surface area (Å²) in [6.07, 6.45) is 0. The van der Waals surface area contributed by atoms with Gasteiger partial charge in [0.2, 0.25) is 0 Å². The molecule has 0 heterocycles. The molecule has 28 heavy (non-hydrogen) atoms. The third-order valence-corrected chi connectivity index (χ3v) is 3.99. The highest BCUT2D eigenvalue weighted by atomic mass is 32.1. The van der Waals surface area contributed by atoms with Crippen LogP contribution in [0.25, 0.3) is 0 Å². The predicted molar refractivity (Wildman–Crippen MR) is 113 cm³/mol. The molecule has 0 spiro atoms. The lowest BCUT2D eigenvalue weighted by atomic mass is 10.0. The molecule has 3 aromatic rings. The number of nitro groups is 1. The van der Waals surface area contributed by atoms with Gasteiger partial charge in [0.25, 0.3) is 5.69 Å². The lowest BCUT2D eigenvalue weighted by molar-refractivity contribution is -0.384. The molecule has 0 atom stereocenters. The maximum Gasteiger partial charge on any atom is 0.269 e. The molecular formula is C20H16N4O3S. The SMILES string of the molecule is O=[N+]([O-])c1ccc(NC(=S)N/N=C(\c2ccccc2)c2ccc(O)cc2)cc1. The Labute approximate surface area is 166 Å². The second-order valence-electron chi connectivity index (χ2n) is 5.74. The van der Waals surface area contributed by atoms with Crippen LogP contribution in [0.5, 0.6) is 5.75 Å². The van der Waals surface area contributed by atoms with E-state index in [1.807, 2.05) is 30.3 Å². The van der Waals surface area contributed by atoms with E-state index in [2.05, 4.69) is 15.8 Å². The fraction of sp³-hybridized carbons (Fsp3) is 0. The highest BCUT2D eigenvalue weighted by molar-refractivity contribution is 7.80. The summed E-state index contributed by atoms with van der Waals surface area (Å²) in [5.41, 5.74) is 5.72. The van der Waals surface area contributed by atoms with Crippen LogP contribution >= 0.6 is 12.2 Å². The van der Waals surface area contributed by atoms with Crippen molar-refractivity contribution in [2.75, 3.05) is 5.32 Å². The first-order valence-corrected chi connectivity index (χ1v) is 8.68. The third-order valence-electron chi connectivity index (χ3n) is 3.79. The van der Waals surface area contributed by atoms with Crippen LogP contribution in [-0.2, 0) is 0 Å². The summed E-state index contributed by atoms with van der Waals surface area (Å²) in [5.74, 6) is 0.166. The molecule has 8 heteroatoms. The number of hydrogen-bond donors (Lipinski definition) is 3. The van der Waals surface area contributed by atoms with Crippen molar-refractivity contribution in [2.24, 2.45) is 5.10 Å². The quantitative estimate of drug-likeness (QED) is 0.262. The van der Waals surface area contributed by atoms with Gasteiger partial charge in [0.15, 0.2) is 5.11 Å². The third kappa shape index (κ3) is 4.89. The number of hydrogen-bond acceptors (Lipinski definition) is 5. The first kappa shape index (κ1) is 19.0. The van der Waals surface area contributed by atoms with Gasteiger partial charge in [-0.2, -0.15) is 5.10 Å². The minimum Gasteiger partial charge on any atom is -0.508 e. The van der Waals surface area contributed by atoms with Crippen LogP contribution in [0, 0.1) is 10.1 Å². The molecule has 3 rings (SSSR count). The summed E-state index contributed by atoms with van der Waals surface area (Å²) in [6.45, 7) is 0. The molecule has 0 amide bonds. The molecule has 3 N–H and O–H groups in total. The van der Waals surface area contributed by atoms with Crippen LogP contribution in [0.4, 0.5) is 11.4 Å². The fourth-order valence-corrected chi connectivity index (χ4v) is 2.61. The number of nitro benzene ring substituents is 1. The van der Waals surface area contributed by atoms with Crippen molar-refractivity contribution in [1.29, 1.82) is 0 Å². The Morgan fingerprint density at radius 3 is 2.14 bits per heavy atom. The Kier molecular flexibility index (Phi) is 5.93. The highest BCUT2D eigenvalue weighted by Gasteiger charge is 2.08. The molecule has 0 aliphatic carbocycles. The summed E-state index contributed by atoms with van der Waals surface area (Å²) in [4.78, 5) is 10.3. The summed E-state index contributed by atoms with van der Waals surface area (Å²) < 4.78 is 0. The van der Waals surface area contributed by atoms with E-state index < -0.39 is 4.92 Å². The van der Waals surface area contributed by atoms with Crippen molar-refractivity contribution in [3.63, 3.8) is 0 Å². The molecule has 0 bridgehead atoms. The van der Waals surface area contributed by atoms with E-state index in [4.69, 9.17) is 12.2 Å². The molecular weight excluding hydrogens is 376 g/mol. The minimum absolute atomic E-state index is 0.00106. The van der Waals surface area contributed by atoms with Crippen molar-refractivity contribution in [1.82, 2.24) is 5.43 Å². The van der Waals surface area contributed by atoms with Gasteiger partial charge >= 0.3 is 0 Å². The smallest absolute Gasteiger partial charge is 0.269 e. The lowest BCUT2D eigenvalue weighted by Crippen LogP contribution is -2.25. The van der Waals surface area contributed by atoms with Crippen LogP contribution in [0.3, 0.4) is 0 Å². The molecule has 3 aromatic carbocycles. The zero-order valence-corrected chi connectivity index (χ0v) is 15.4. The molecule has 0 aliphatic rings. The number of nitrogens with one attached hydrogen (secondary N) is 2. The number of thiocarbonyl (C=S) groups is 1. The van der Waals surface area contributed by atoms with Crippen molar-refractivity contribution in [3.05, 3.63) is 100 Å². The van der Waals surface area contributed by atoms with Gasteiger partial charge in [0.1, 0.15) is 5.75 Å². The van der Waals surface area contributed by atoms with Crippen LogP contribution in [0.15, 0.2) is 84.0 Å². The second kappa shape index (κ2) is 8.74. The number of aromatic hydroxyl groups is 1. The van der Waals surface area contributed by atoms with Gasteiger partial charge in [-0.25, -0.2) is 0 Å². The zero-order chi connectivity index (χ0) is 19.9. The average molecular weight is 392 g/mol. The molecule has 0 saturated carbocycles. The molecule has 0 fully saturated rings. The molecule has 140 valence electrons. The van der Waals surface area contributed by atoms with Crippen LogP contribution < -0.4 is 10.7 Å². The highest BCUT2D eigenvalue weighted by Crippen LogP contribution is 2.16. The van der Waals surface area contributed by atoms with Gasteiger partial charge in [0.05, 0.1) is 10.6 Å². The summed E-state index contributed by atoms with van der Waals surface area (Å²) in [6, 6.07) is 22.1. The van der Waals surface area contributed by atoms with E-state index in [0.717, 1.165) is 11.1 Å². The summed E-state index contributed by atoms with van der Waals surface area (Å²) in [5, 5.41) is 27.8. The number of phenolic OH excluding ortho intramolecular Hbond substituents is 1. The number of non-ortho nitro benzene ring substituents is 1. The van der Waals surface area contributed by atoms with Crippen molar-refractivity contribution in [2.45, 2.75) is 0 Å². The maximum atomic E-state index is 10.7. The standard InChI is InChI=1S/C20H16N4O3S/c25-18-12-6-15(7-13-18)19(14-4-2-1-3-5-14)22-23-20(28)21-16-8-10-17(11-9-16)24(26)27/h1-13,25H,(H2,21,23,28)/b22-19+. The first-order chi connectivity index (χ1) is 13.5. The van der Waals surface area contributed by atoms with E-state index in [-0.39, 0.29) is 16.5 Å². The van der Waals surface area contributed by atoms with Crippen LogP contribution in [0.2, 0.25) is 0 Å². The van der Waals surface area contributed by atoms with Crippen molar-refractivity contribution >= 4 is 34.4 Å². The number of nitrogens with zero attached hydrogens (tertiary/aromatic N) is 2. The van der Waals surface area contributed by atoms with E-state index in [1.165, 1.54) is 12.1 Å². The Hall–Kier alpha value is -3.78. The van der Waals surface area contributed by atoms with Gasteiger partial charge < -0.3 is 10.4 Å². The van der Waals surface area contributed by atoms with E-state index >= 15 is 0 Å². The molecule has 0 aliphatic heterocycles. The van der Waals surface area contributed by atoms with Gasteiger partial charge in [0, 0.05) is 28.9 Å². The van der Waals surface area contributed by atoms with Crippen LogP contribution in [-0.4, -0.2) is 20.9 Å². The number of benzene rings is 3. The van der Waals surface area contributed by atoms with Crippen molar-refractivity contribution in [3.8, 4) is 5.75 Å². The van der Waals surface area contributed by atoms with Crippen LogP contribution in [0.1, 0.15) is 11.1 Å². The van der Waals surface area contributed by atoms with Crippen molar-refractivity contribution < 1.29 is 10.0 Å². The largest absolute Gasteiger partial charge is 0.508 e. The zero-order valence-electron chi connectivity index (χ0n) is 14.6. The minimum atomic E-state index is -0.464. The topological polar surface area (TPSA) is 99.8 Å². The van der Waals surface area contributed by atoms with Gasteiger partial charge in [-0.05, 0) is 48.6 Å². The molecule has 0 saturated heterocycles. The molecule has 7 nitrogen and oxygen atoms in total. The van der Waals surface area contributed by atoms with Gasteiger partial charge in [-0.15, -0.1) is 0 Å². The first-order valence-electron chi connectivity index (χ1n) is 8.27. The monoisotopic (exact) mass is 392 g/mol. The maximum absolute atomic E-state index is 10.7. The number of phenols is 1.